The summed E-state index contributed by atoms with van der Waals surface area (Å²) in [4.78, 5) is 27.7. The number of hydrogen-bond acceptors (Lipinski definition) is 3. The smallest absolute Gasteiger partial charge is 0.338 e. The number of H-pyrrole nitrogens is 1. The molecule has 1 heterocycles. The van der Waals surface area contributed by atoms with Crippen molar-refractivity contribution >= 4 is 38.6 Å². The van der Waals surface area contributed by atoms with E-state index in [9.17, 15) is 9.59 Å². The number of ether oxygens (including phenoxy) is 1. The molecular formula is C18H14BrNO3. The van der Waals surface area contributed by atoms with Crippen molar-refractivity contribution in [2.24, 2.45) is 0 Å². The predicted molar refractivity (Wildman–Crippen MR) is 91.6 cm³/mol. The summed E-state index contributed by atoms with van der Waals surface area (Å²) in [5.74, 6) is -0.752. The van der Waals surface area contributed by atoms with Gasteiger partial charge in [-0.3, -0.25) is 4.79 Å². The molecule has 0 radical (unpaired) electrons. The van der Waals surface area contributed by atoms with E-state index < -0.39 is 12.1 Å². The van der Waals surface area contributed by atoms with E-state index in [4.69, 9.17) is 4.74 Å². The van der Waals surface area contributed by atoms with Gasteiger partial charge in [0.1, 0.15) is 0 Å². The third kappa shape index (κ3) is 3.19. The molecule has 2 aromatic carbocycles. The molecule has 1 N–H and O–H groups in total. The fraction of sp³-hybridized carbons (Fsp3) is 0.111. The van der Waals surface area contributed by atoms with Crippen LogP contribution in [0.5, 0.6) is 0 Å². The largest absolute Gasteiger partial charge is 0.451 e. The van der Waals surface area contributed by atoms with E-state index in [0.29, 0.717) is 11.1 Å². The molecule has 1 aromatic heterocycles. The Morgan fingerprint density at radius 3 is 2.70 bits per heavy atom. The average molecular weight is 372 g/mol. The van der Waals surface area contributed by atoms with Crippen LogP contribution < -0.4 is 0 Å². The maximum Gasteiger partial charge on any atom is 0.338 e. The molecule has 0 bridgehead atoms. The number of ketones is 1. The lowest BCUT2D eigenvalue weighted by atomic mass is 10.1. The van der Waals surface area contributed by atoms with Gasteiger partial charge in [0.05, 0.1) is 5.56 Å². The summed E-state index contributed by atoms with van der Waals surface area (Å²) in [5, 5.41) is 0.822. The summed E-state index contributed by atoms with van der Waals surface area (Å²) in [5.41, 5.74) is 1.80. The maximum absolute atomic E-state index is 12.5. The van der Waals surface area contributed by atoms with Gasteiger partial charge in [0.15, 0.2) is 6.10 Å². The molecule has 116 valence electrons. The first-order valence-corrected chi connectivity index (χ1v) is 7.92. The van der Waals surface area contributed by atoms with Crippen molar-refractivity contribution in [1.29, 1.82) is 0 Å². The Balaban J connectivity index is 1.79. The van der Waals surface area contributed by atoms with Crippen LogP contribution >= 0.6 is 15.9 Å². The molecule has 0 aliphatic carbocycles. The fourth-order valence-corrected chi connectivity index (χ4v) is 2.79. The number of fused-ring (bicyclic) bond motifs is 1. The molecule has 1 atom stereocenters. The van der Waals surface area contributed by atoms with Gasteiger partial charge in [0.2, 0.25) is 5.78 Å². The summed E-state index contributed by atoms with van der Waals surface area (Å²) in [6, 6.07) is 14.4. The molecule has 0 saturated carbocycles. The van der Waals surface area contributed by atoms with E-state index in [2.05, 4.69) is 20.9 Å². The number of para-hydroxylation sites is 1. The van der Waals surface area contributed by atoms with Gasteiger partial charge in [-0.2, -0.15) is 0 Å². The van der Waals surface area contributed by atoms with Gasteiger partial charge < -0.3 is 9.72 Å². The Labute approximate surface area is 141 Å². The Kier molecular flexibility index (Phi) is 4.30. The van der Waals surface area contributed by atoms with E-state index >= 15 is 0 Å². The second kappa shape index (κ2) is 6.38. The Morgan fingerprint density at radius 2 is 1.91 bits per heavy atom. The number of carbonyl (C=O) groups is 2. The van der Waals surface area contributed by atoms with Crippen LogP contribution in [0.3, 0.4) is 0 Å². The van der Waals surface area contributed by atoms with Gasteiger partial charge in [-0.05, 0) is 31.2 Å². The highest BCUT2D eigenvalue weighted by molar-refractivity contribution is 9.10. The monoisotopic (exact) mass is 371 g/mol. The molecule has 0 unspecified atom stereocenters. The molecule has 0 amide bonds. The molecule has 3 rings (SSSR count). The van der Waals surface area contributed by atoms with Gasteiger partial charge in [0, 0.05) is 27.1 Å². The van der Waals surface area contributed by atoms with Crippen LogP contribution in [0.1, 0.15) is 27.6 Å². The number of benzene rings is 2. The van der Waals surface area contributed by atoms with Gasteiger partial charge in [-0.25, -0.2) is 4.79 Å². The molecule has 0 fully saturated rings. The SMILES string of the molecule is C[C@@H](OC(=O)c1cccc(Br)c1)C(=O)c1c[nH]c2ccccc12. The Bertz CT molecular complexity index is 885. The number of halogens is 1. The zero-order chi connectivity index (χ0) is 16.4. The number of aromatic nitrogens is 1. The molecule has 0 spiro atoms. The van der Waals surface area contributed by atoms with Gasteiger partial charge in [-0.1, -0.05) is 40.2 Å². The van der Waals surface area contributed by atoms with Crippen molar-refractivity contribution < 1.29 is 14.3 Å². The Hall–Kier alpha value is -2.40. The minimum atomic E-state index is -0.860. The molecule has 23 heavy (non-hydrogen) atoms. The first kappa shape index (κ1) is 15.5. The van der Waals surface area contributed by atoms with Gasteiger partial charge >= 0.3 is 5.97 Å². The van der Waals surface area contributed by atoms with Crippen molar-refractivity contribution in [3.63, 3.8) is 0 Å². The van der Waals surface area contributed by atoms with E-state index in [1.54, 1.807) is 31.3 Å². The lowest BCUT2D eigenvalue weighted by molar-refractivity contribution is 0.0319. The van der Waals surface area contributed by atoms with E-state index in [0.717, 1.165) is 15.4 Å². The summed E-state index contributed by atoms with van der Waals surface area (Å²) in [7, 11) is 0. The van der Waals surface area contributed by atoms with Gasteiger partial charge in [-0.15, -0.1) is 0 Å². The summed E-state index contributed by atoms with van der Waals surface area (Å²) < 4.78 is 6.08. The summed E-state index contributed by atoms with van der Waals surface area (Å²) >= 11 is 3.31. The number of aromatic amines is 1. The second-order valence-electron chi connectivity index (χ2n) is 5.17. The highest BCUT2D eigenvalue weighted by Gasteiger charge is 2.22. The highest BCUT2D eigenvalue weighted by Crippen LogP contribution is 2.20. The van der Waals surface area contributed by atoms with Gasteiger partial charge in [0.25, 0.3) is 0 Å². The number of nitrogens with one attached hydrogen (secondary N) is 1. The molecular weight excluding hydrogens is 358 g/mol. The minimum Gasteiger partial charge on any atom is -0.451 e. The average Bonchev–Trinajstić information content (AvgIpc) is 2.98. The molecule has 0 aliphatic heterocycles. The number of Topliss-reactive ketones (excluding diaryl/α,β-unsaturated/α-hetero) is 1. The van der Waals surface area contributed by atoms with E-state index in [1.807, 2.05) is 30.3 Å². The van der Waals surface area contributed by atoms with E-state index in [1.165, 1.54) is 0 Å². The first-order valence-electron chi connectivity index (χ1n) is 7.13. The summed E-state index contributed by atoms with van der Waals surface area (Å²) in [6.45, 7) is 1.58. The van der Waals surface area contributed by atoms with Crippen LogP contribution in [0.4, 0.5) is 0 Å². The van der Waals surface area contributed by atoms with Crippen LogP contribution in [0.25, 0.3) is 10.9 Å². The fourth-order valence-electron chi connectivity index (χ4n) is 2.39. The van der Waals surface area contributed by atoms with Crippen molar-refractivity contribution in [2.45, 2.75) is 13.0 Å². The van der Waals surface area contributed by atoms with Crippen LogP contribution in [0.15, 0.2) is 59.2 Å². The van der Waals surface area contributed by atoms with E-state index in [-0.39, 0.29) is 5.78 Å². The number of hydrogen-bond donors (Lipinski definition) is 1. The number of esters is 1. The predicted octanol–water partition coefficient (Wildman–Crippen LogP) is 4.36. The first-order chi connectivity index (χ1) is 11.1. The third-order valence-electron chi connectivity index (χ3n) is 3.57. The maximum atomic E-state index is 12.5. The third-order valence-corrected chi connectivity index (χ3v) is 4.06. The minimum absolute atomic E-state index is 0.231. The number of rotatable bonds is 4. The highest BCUT2D eigenvalue weighted by atomic mass is 79.9. The summed E-state index contributed by atoms with van der Waals surface area (Å²) in [6.07, 6.45) is 0.789. The lowest BCUT2D eigenvalue weighted by Crippen LogP contribution is -2.24. The van der Waals surface area contributed by atoms with Crippen molar-refractivity contribution in [1.82, 2.24) is 4.98 Å². The van der Waals surface area contributed by atoms with Crippen LogP contribution in [0.2, 0.25) is 0 Å². The van der Waals surface area contributed by atoms with Crippen LogP contribution in [-0.4, -0.2) is 22.8 Å². The zero-order valence-corrected chi connectivity index (χ0v) is 14.0. The molecule has 0 aliphatic rings. The van der Waals surface area contributed by atoms with Crippen molar-refractivity contribution in [3.05, 3.63) is 70.3 Å². The zero-order valence-electron chi connectivity index (χ0n) is 12.4. The topological polar surface area (TPSA) is 59.2 Å². The second-order valence-corrected chi connectivity index (χ2v) is 6.09. The molecule has 0 saturated heterocycles. The van der Waals surface area contributed by atoms with Crippen LogP contribution in [0, 0.1) is 0 Å². The lowest BCUT2D eigenvalue weighted by Gasteiger charge is -2.12. The Morgan fingerprint density at radius 1 is 1.13 bits per heavy atom. The van der Waals surface area contributed by atoms with Crippen molar-refractivity contribution in [3.8, 4) is 0 Å². The molecule has 5 heteroatoms. The quantitative estimate of drug-likeness (QED) is 0.547. The standard InChI is InChI=1S/C18H14BrNO3/c1-11(23-18(22)12-5-4-6-13(19)9-12)17(21)15-10-20-16-8-3-2-7-14(15)16/h2-11,20H,1H3/t11-/m1/s1. The molecule has 3 aromatic rings. The van der Waals surface area contributed by atoms with Crippen molar-refractivity contribution in [2.75, 3.05) is 0 Å². The normalized spacial score (nSPS) is 12.1. The molecule has 4 nitrogen and oxygen atoms in total. The number of carbonyl (C=O) groups excluding carboxylic acids is 2. The van der Waals surface area contributed by atoms with Crippen LogP contribution in [-0.2, 0) is 4.74 Å².